The first-order valence-electron chi connectivity index (χ1n) is 21.5. The Hall–Kier alpha value is -6.30. The van der Waals surface area contributed by atoms with Crippen LogP contribution in [0, 0.1) is 0 Å². The molecule has 2 heterocycles. The maximum absolute atomic E-state index is 2.69. The summed E-state index contributed by atoms with van der Waals surface area (Å²) >= 11 is 0. The van der Waals surface area contributed by atoms with Crippen LogP contribution in [0.25, 0.3) is 21.8 Å². The molecular formula is C57H44N2P2. The summed E-state index contributed by atoms with van der Waals surface area (Å²) in [5.74, 6) is 0.440. The van der Waals surface area contributed by atoms with Gasteiger partial charge in [0.1, 0.15) is 0 Å². The van der Waals surface area contributed by atoms with Gasteiger partial charge in [-0.3, -0.25) is 0 Å². The van der Waals surface area contributed by atoms with Crippen LogP contribution in [0.2, 0.25) is 0 Å². The Labute approximate surface area is 360 Å². The molecule has 2 unspecified atom stereocenters. The lowest BCUT2D eigenvalue weighted by Crippen LogP contribution is -2.37. The zero-order valence-corrected chi connectivity index (χ0v) is 35.6. The topological polar surface area (TPSA) is 9.86 Å². The summed E-state index contributed by atoms with van der Waals surface area (Å²) in [4.78, 5) is 0. The molecule has 4 heteroatoms. The van der Waals surface area contributed by atoms with Gasteiger partial charge in [-0.05, 0) is 58.4 Å². The van der Waals surface area contributed by atoms with Gasteiger partial charge >= 0.3 is 0 Å². The number of benzene rings is 8. The zero-order chi connectivity index (χ0) is 40.3. The van der Waals surface area contributed by atoms with Crippen molar-refractivity contribution in [2.45, 2.75) is 30.1 Å². The van der Waals surface area contributed by atoms with E-state index in [0.717, 1.165) is 12.8 Å². The number of fused-ring (bicyclic) bond motifs is 2. The predicted molar refractivity (Wildman–Crippen MR) is 259 cm³/mol. The van der Waals surface area contributed by atoms with Crippen LogP contribution < -0.4 is 21.2 Å². The van der Waals surface area contributed by atoms with E-state index in [1.165, 1.54) is 76.4 Å². The standard InChI is InChI=1S/C57H44N2P2/c1-7-21-41(22-8-1)49-37-57(51-39-58(53-35-19-33-47(49)55(51)53)60(43-25-11-3-12-26-43)44-27-13-4-14-28-44)38-50(42-23-9-2-10-24-42)48-34-20-36-54-56(48)52(57)40-59(54)61(45-29-15-5-16-30-45)46-31-17-6-18-32-46/h1-36,39-40,49-50H,37-38H2. The lowest BCUT2D eigenvalue weighted by atomic mass is 9.56. The SMILES string of the molecule is c1ccc(C2CC3(CC(c4ccccc4)c4cccc5c4c3cn5P(c3ccccc3)c3ccccc3)c3cn(P(c4ccccc4)c4ccccc4)c4cccc2c34)cc1. The lowest BCUT2D eigenvalue weighted by molar-refractivity contribution is 0.385. The fraction of sp³-hybridized carbons (Fsp3) is 0.0877. The van der Waals surface area contributed by atoms with Crippen molar-refractivity contribution in [1.29, 1.82) is 0 Å². The van der Waals surface area contributed by atoms with E-state index in [1.54, 1.807) is 0 Å². The van der Waals surface area contributed by atoms with Gasteiger partial charge in [-0.25, -0.2) is 0 Å². The largest absolute Gasteiger partial charge is 0.317 e. The van der Waals surface area contributed by atoms with Gasteiger partial charge in [0.05, 0.1) is 27.2 Å². The molecule has 1 spiro atoms. The molecule has 61 heavy (non-hydrogen) atoms. The van der Waals surface area contributed by atoms with Crippen LogP contribution in [0.15, 0.2) is 231 Å². The van der Waals surface area contributed by atoms with Crippen molar-refractivity contribution in [1.82, 2.24) is 8.68 Å². The molecule has 2 atom stereocenters. The average Bonchev–Trinajstić information content (AvgIpc) is 3.92. The number of hydrogen-bond acceptors (Lipinski definition) is 0. The molecule has 0 fully saturated rings. The van der Waals surface area contributed by atoms with E-state index < -0.39 is 16.1 Å². The third kappa shape index (κ3) is 5.92. The van der Waals surface area contributed by atoms with Gasteiger partial charge in [0.25, 0.3) is 0 Å². The van der Waals surface area contributed by atoms with Crippen LogP contribution in [0.3, 0.4) is 0 Å². The van der Waals surface area contributed by atoms with Crippen LogP contribution in [0.5, 0.6) is 0 Å². The van der Waals surface area contributed by atoms with E-state index >= 15 is 0 Å². The van der Waals surface area contributed by atoms with Crippen LogP contribution in [0.4, 0.5) is 0 Å². The molecule has 0 saturated carbocycles. The van der Waals surface area contributed by atoms with Crippen LogP contribution >= 0.6 is 16.1 Å². The van der Waals surface area contributed by atoms with Crippen molar-refractivity contribution >= 4 is 59.2 Å². The van der Waals surface area contributed by atoms with Gasteiger partial charge in [0, 0.05) is 61.6 Å². The molecule has 292 valence electrons. The Morgan fingerprint density at radius 1 is 0.344 bits per heavy atom. The molecule has 8 aromatic carbocycles. The predicted octanol–water partition coefficient (Wildman–Crippen LogP) is 12.7. The van der Waals surface area contributed by atoms with Gasteiger partial charge in [-0.2, -0.15) is 0 Å². The maximum atomic E-state index is 2.69. The first-order chi connectivity index (χ1) is 30.3. The molecule has 0 amide bonds. The maximum Gasteiger partial charge on any atom is 0.0592 e. The molecule has 12 rings (SSSR count). The van der Waals surface area contributed by atoms with E-state index in [9.17, 15) is 0 Å². The quantitative estimate of drug-likeness (QED) is 0.135. The molecule has 2 aliphatic rings. The van der Waals surface area contributed by atoms with Gasteiger partial charge in [-0.1, -0.05) is 206 Å². The molecule has 0 saturated heterocycles. The number of rotatable bonds is 8. The van der Waals surface area contributed by atoms with E-state index in [2.05, 4.69) is 239 Å². The van der Waals surface area contributed by atoms with Crippen molar-refractivity contribution in [2.75, 3.05) is 0 Å². The minimum atomic E-state index is -0.924. The molecular weight excluding hydrogens is 775 g/mol. The molecule has 2 aromatic heterocycles. The van der Waals surface area contributed by atoms with Crippen molar-refractivity contribution in [2.24, 2.45) is 0 Å². The van der Waals surface area contributed by atoms with Gasteiger partial charge in [0.2, 0.25) is 0 Å². The molecule has 2 nitrogen and oxygen atoms in total. The smallest absolute Gasteiger partial charge is 0.0592 e. The summed E-state index contributed by atoms with van der Waals surface area (Å²) in [7, 11) is -1.85. The van der Waals surface area contributed by atoms with Crippen LogP contribution in [-0.4, -0.2) is 8.68 Å². The van der Waals surface area contributed by atoms with Crippen molar-refractivity contribution in [3.63, 3.8) is 0 Å². The second-order valence-corrected chi connectivity index (χ2v) is 20.8. The normalized spacial score (nSPS) is 18.1. The molecule has 10 aromatic rings. The second-order valence-electron chi connectivity index (χ2n) is 16.6. The van der Waals surface area contributed by atoms with Crippen molar-refractivity contribution in [3.8, 4) is 0 Å². The van der Waals surface area contributed by atoms with Crippen LogP contribution in [-0.2, 0) is 5.41 Å². The van der Waals surface area contributed by atoms with Gasteiger partial charge in [0.15, 0.2) is 0 Å². The second kappa shape index (κ2) is 15.0. The highest BCUT2D eigenvalue weighted by molar-refractivity contribution is 7.72. The highest BCUT2D eigenvalue weighted by atomic mass is 31.1. The highest BCUT2D eigenvalue weighted by Crippen LogP contribution is 2.63. The Balaban J connectivity index is 1.20. The fourth-order valence-electron chi connectivity index (χ4n) is 10.9. The van der Waals surface area contributed by atoms with Crippen molar-refractivity contribution < 1.29 is 0 Å². The van der Waals surface area contributed by atoms with Crippen molar-refractivity contribution in [3.05, 3.63) is 264 Å². The third-order valence-electron chi connectivity index (χ3n) is 13.4. The first-order valence-corrected chi connectivity index (χ1v) is 24.1. The van der Waals surface area contributed by atoms with E-state index in [4.69, 9.17) is 0 Å². The monoisotopic (exact) mass is 818 g/mol. The van der Waals surface area contributed by atoms with E-state index in [-0.39, 0.29) is 17.3 Å². The fourth-order valence-corrected chi connectivity index (χ4v) is 15.5. The van der Waals surface area contributed by atoms with Crippen LogP contribution in [0.1, 0.15) is 58.1 Å². The Morgan fingerprint density at radius 3 is 0.984 bits per heavy atom. The van der Waals surface area contributed by atoms with Gasteiger partial charge < -0.3 is 8.68 Å². The molecule has 0 aliphatic heterocycles. The number of nitrogens with zero attached hydrogens (tertiary/aromatic N) is 2. The lowest BCUT2D eigenvalue weighted by Gasteiger charge is -2.46. The Bertz CT molecular complexity index is 2850. The van der Waals surface area contributed by atoms with E-state index in [0.29, 0.717) is 0 Å². The Kier molecular flexibility index (Phi) is 8.99. The number of hydrogen-bond donors (Lipinski definition) is 0. The number of aromatic nitrogens is 2. The minimum absolute atomic E-state index is 0.220. The summed E-state index contributed by atoms with van der Waals surface area (Å²) in [6, 6.07) is 81.9. The molecule has 0 bridgehead atoms. The summed E-state index contributed by atoms with van der Waals surface area (Å²) in [6.45, 7) is 0. The molecule has 0 radical (unpaired) electrons. The summed E-state index contributed by atoms with van der Waals surface area (Å²) < 4.78 is 5.38. The average molecular weight is 819 g/mol. The summed E-state index contributed by atoms with van der Waals surface area (Å²) in [5, 5.41) is 8.28. The molecule has 2 aliphatic carbocycles. The minimum Gasteiger partial charge on any atom is -0.317 e. The Morgan fingerprint density at radius 2 is 0.656 bits per heavy atom. The summed E-state index contributed by atoms with van der Waals surface area (Å²) in [5.41, 5.74) is 11.0. The van der Waals surface area contributed by atoms with E-state index in [1.807, 2.05) is 0 Å². The zero-order valence-electron chi connectivity index (χ0n) is 33.8. The first kappa shape index (κ1) is 36.5. The summed E-state index contributed by atoms with van der Waals surface area (Å²) in [6.07, 6.45) is 7.23. The molecule has 0 N–H and O–H groups in total. The highest BCUT2D eigenvalue weighted by Gasteiger charge is 2.50. The third-order valence-corrected chi connectivity index (χ3v) is 18.1. The van der Waals surface area contributed by atoms with Gasteiger partial charge in [-0.15, -0.1) is 0 Å².